The van der Waals surface area contributed by atoms with E-state index < -0.39 is 0 Å². The van der Waals surface area contributed by atoms with E-state index in [-0.39, 0.29) is 11.9 Å². The summed E-state index contributed by atoms with van der Waals surface area (Å²) in [6, 6.07) is 11.7. The number of nitrogens with zero attached hydrogens (tertiary/aromatic N) is 1. The van der Waals surface area contributed by atoms with Gasteiger partial charge >= 0.3 is 0 Å². The Morgan fingerprint density at radius 3 is 2.75 bits per heavy atom. The van der Waals surface area contributed by atoms with E-state index in [2.05, 4.69) is 10.5 Å². The molecule has 0 bridgehead atoms. The van der Waals surface area contributed by atoms with Crippen molar-refractivity contribution in [2.45, 2.75) is 0 Å². The molecule has 2 aromatic rings. The Kier molecular flexibility index (Phi) is 4.86. The highest BCUT2D eigenvalue weighted by Gasteiger charge is 2.05. The first-order valence-corrected chi connectivity index (χ1v) is 6.35. The Labute approximate surface area is 122 Å². The molecular formula is C14H15N3O2S. The summed E-state index contributed by atoms with van der Waals surface area (Å²) in [4.78, 5) is 0. The topological polar surface area (TPSA) is 68.9 Å². The van der Waals surface area contributed by atoms with Gasteiger partial charge in [0.15, 0.2) is 11.9 Å². The second-order valence-corrected chi connectivity index (χ2v) is 4.42. The fourth-order valence-corrected chi connectivity index (χ4v) is 1.87. The molecule has 0 aromatic heterocycles. The van der Waals surface area contributed by atoms with Crippen molar-refractivity contribution in [3.05, 3.63) is 42.0 Å². The van der Waals surface area contributed by atoms with Crippen LogP contribution in [0.1, 0.15) is 5.56 Å². The summed E-state index contributed by atoms with van der Waals surface area (Å²) in [7, 11) is 1.59. The number of benzene rings is 2. The average Bonchev–Trinajstić information content (AvgIpc) is 2.46. The molecule has 0 unspecified atom stereocenters. The maximum Gasteiger partial charge on any atom is 0.188 e. The Balaban J connectivity index is 2.37. The third kappa shape index (κ3) is 3.43. The molecule has 2 aromatic carbocycles. The summed E-state index contributed by atoms with van der Waals surface area (Å²) < 4.78 is 10.5. The summed E-state index contributed by atoms with van der Waals surface area (Å²) in [6.45, 7) is 0.209. The third-order valence-corrected chi connectivity index (χ3v) is 2.72. The Hall–Kier alpha value is -2.18. The summed E-state index contributed by atoms with van der Waals surface area (Å²) in [6.07, 6.45) is 1.67. The second kappa shape index (κ2) is 6.83. The number of nitrogens with two attached hydrogens (primary N) is 1. The van der Waals surface area contributed by atoms with Gasteiger partial charge in [0.1, 0.15) is 5.75 Å². The number of fused-ring (bicyclic) bond motifs is 1. The van der Waals surface area contributed by atoms with Crippen LogP contribution in [0.15, 0.2) is 41.5 Å². The minimum absolute atomic E-state index is 0.130. The van der Waals surface area contributed by atoms with Gasteiger partial charge in [0.25, 0.3) is 0 Å². The minimum Gasteiger partial charge on any atom is -0.467 e. The van der Waals surface area contributed by atoms with Gasteiger partial charge in [0, 0.05) is 18.1 Å². The molecule has 0 spiro atoms. The molecule has 0 aliphatic heterocycles. The first-order chi connectivity index (χ1) is 9.72. The molecule has 2 rings (SSSR count). The van der Waals surface area contributed by atoms with Crippen LogP contribution in [0, 0.1) is 0 Å². The molecule has 20 heavy (non-hydrogen) atoms. The van der Waals surface area contributed by atoms with Crippen molar-refractivity contribution in [2.75, 3.05) is 13.9 Å². The maximum atomic E-state index is 5.54. The van der Waals surface area contributed by atoms with Crippen LogP contribution < -0.4 is 15.9 Å². The highest BCUT2D eigenvalue weighted by molar-refractivity contribution is 7.80. The van der Waals surface area contributed by atoms with Gasteiger partial charge in [-0.05, 0) is 29.7 Å². The van der Waals surface area contributed by atoms with Crippen molar-refractivity contribution >= 4 is 34.3 Å². The number of methoxy groups -OCH3 is 1. The molecule has 0 aliphatic carbocycles. The Bertz CT molecular complexity index is 643. The number of ether oxygens (including phenoxy) is 2. The first-order valence-electron chi connectivity index (χ1n) is 5.94. The predicted octanol–water partition coefficient (Wildman–Crippen LogP) is 1.99. The van der Waals surface area contributed by atoms with Crippen LogP contribution in [-0.2, 0) is 4.74 Å². The summed E-state index contributed by atoms with van der Waals surface area (Å²) in [5.74, 6) is 0.766. The lowest BCUT2D eigenvalue weighted by atomic mass is 10.0. The van der Waals surface area contributed by atoms with Crippen LogP contribution in [0.25, 0.3) is 10.8 Å². The van der Waals surface area contributed by atoms with Crippen molar-refractivity contribution in [3.8, 4) is 5.75 Å². The normalized spacial score (nSPS) is 10.8. The summed E-state index contributed by atoms with van der Waals surface area (Å²) in [5, 5.41) is 6.12. The van der Waals surface area contributed by atoms with Crippen LogP contribution in [0.2, 0.25) is 0 Å². The molecule has 0 saturated heterocycles. The fraction of sp³-hybridized carbons (Fsp3) is 0.143. The van der Waals surface area contributed by atoms with E-state index >= 15 is 0 Å². The van der Waals surface area contributed by atoms with Crippen molar-refractivity contribution in [3.63, 3.8) is 0 Å². The molecule has 5 nitrogen and oxygen atoms in total. The van der Waals surface area contributed by atoms with Crippen LogP contribution in [-0.4, -0.2) is 25.2 Å². The van der Waals surface area contributed by atoms with Crippen LogP contribution in [0.5, 0.6) is 5.75 Å². The fourth-order valence-electron chi connectivity index (χ4n) is 1.82. The van der Waals surface area contributed by atoms with Gasteiger partial charge in [0.2, 0.25) is 0 Å². The minimum atomic E-state index is 0.130. The van der Waals surface area contributed by atoms with E-state index in [9.17, 15) is 0 Å². The van der Waals surface area contributed by atoms with E-state index in [0.717, 1.165) is 22.1 Å². The molecule has 0 amide bonds. The largest absolute Gasteiger partial charge is 0.467 e. The molecule has 104 valence electrons. The zero-order chi connectivity index (χ0) is 14.4. The lowest BCUT2D eigenvalue weighted by molar-refractivity contribution is 0.0522. The first kappa shape index (κ1) is 14.2. The van der Waals surface area contributed by atoms with E-state index in [4.69, 9.17) is 27.4 Å². The molecule has 0 fully saturated rings. The molecule has 0 aliphatic rings. The number of hydrazone groups is 1. The number of hydrogen-bond donors (Lipinski definition) is 2. The number of hydrogen-bond acceptors (Lipinski definition) is 4. The molecule has 6 heteroatoms. The highest BCUT2D eigenvalue weighted by Crippen LogP contribution is 2.27. The third-order valence-electron chi connectivity index (χ3n) is 2.63. The molecule has 0 saturated carbocycles. The highest BCUT2D eigenvalue weighted by atomic mass is 32.1. The van der Waals surface area contributed by atoms with Gasteiger partial charge in [-0.15, -0.1) is 0 Å². The zero-order valence-corrected chi connectivity index (χ0v) is 11.8. The molecule has 0 radical (unpaired) electrons. The summed E-state index contributed by atoms with van der Waals surface area (Å²) in [5.41, 5.74) is 8.79. The van der Waals surface area contributed by atoms with Crippen LogP contribution in [0.4, 0.5) is 0 Å². The van der Waals surface area contributed by atoms with Crippen molar-refractivity contribution < 1.29 is 9.47 Å². The number of nitrogens with one attached hydrogen (secondary N) is 1. The quantitative estimate of drug-likeness (QED) is 0.381. The lowest BCUT2D eigenvalue weighted by Crippen LogP contribution is -2.24. The SMILES string of the molecule is COCOc1ccc(/C=N/NC(N)=S)c2ccccc12. The Morgan fingerprint density at radius 1 is 1.30 bits per heavy atom. The smallest absolute Gasteiger partial charge is 0.188 e. The monoisotopic (exact) mass is 289 g/mol. The Morgan fingerprint density at radius 2 is 2.05 bits per heavy atom. The second-order valence-electron chi connectivity index (χ2n) is 3.98. The standard InChI is InChI=1S/C14H15N3O2S/c1-18-9-19-13-7-6-10(8-16-17-14(15)20)11-4-2-3-5-12(11)13/h2-8H,9H2,1H3,(H3,15,17,20)/b16-8+. The number of thiocarbonyl (C=S) groups is 1. The van der Waals surface area contributed by atoms with Crippen molar-refractivity contribution in [1.29, 1.82) is 0 Å². The van der Waals surface area contributed by atoms with Crippen LogP contribution in [0.3, 0.4) is 0 Å². The zero-order valence-electron chi connectivity index (χ0n) is 11.0. The molecule has 0 heterocycles. The molecule has 3 N–H and O–H groups in total. The van der Waals surface area contributed by atoms with Gasteiger partial charge < -0.3 is 15.2 Å². The lowest BCUT2D eigenvalue weighted by Gasteiger charge is -2.10. The van der Waals surface area contributed by atoms with Gasteiger partial charge in [-0.25, -0.2) is 0 Å². The van der Waals surface area contributed by atoms with E-state index in [1.165, 1.54) is 0 Å². The van der Waals surface area contributed by atoms with E-state index in [1.807, 2.05) is 36.4 Å². The molecule has 0 atom stereocenters. The van der Waals surface area contributed by atoms with Gasteiger partial charge in [-0.1, -0.05) is 24.3 Å². The van der Waals surface area contributed by atoms with Gasteiger partial charge in [-0.3, -0.25) is 5.43 Å². The van der Waals surface area contributed by atoms with Gasteiger partial charge in [-0.2, -0.15) is 5.10 Å². The van der Waals surface area contributed by atoms with E-state index in [0.29, 0.717) is 0 Å². The van der Waals surface area contributed by atoms with Crippen LogP contribution >= 0.6 is 12.2 Å². The van der Waals surface area contributed by atoms with E-state index in [1.54, 1.807) is 13.3 Å². The number of rotatable bonds is 5. The molecular weight excluding hydrogens is 274 g/mol. The summed E-state index contributed by atoms with van der Waals surface area (Å²) >= 11 is 4.69. The van der Waals surface area contributed by atoms with Crippen molar-refractivity contribution in [2.24, 2.45) is 10.8 Å². The predicted molar refractivity (Wildman–Crippen MR) is 84.0 cm³/mol. The van der Waals surface area contributed by atoms with Gasteiger partial charge in [0.05, 0.1) is 6.21 Å². The van der Waals surface area contributed by atoms with Crippen molar-refractivity contribution in [1.82, 2.24) is 5.43 Å². The maximum absolute atomic E-state index is 5.54. The average molecular weight is 289 g/mol.